The maximum absolute atomic E-state index is 13.5. The highest BCUT2D eigenvalue weighted by Gasteiger charge is 2.19. The van der Waals surface area contributed by atoms with Crippen molar-refractivity contribution in [3.63, 3.8) is 0 Å². The third-order valence-corrected chi connectivity index (χ3v) is 5.55. The van der Waals surface area contributed by atoms with Gasteiger partial charge in [-0.25, -0.2) is 0 Å². The van der Waals surface area contributed by atoms with Gasteiger partial charge in [0.05, 0.1) is 0 Å². The molecule has 35 heavy (non-hydrogen) atoms. The van der Waals surface area contributed by atoms with E-state index in [9.17, 15) is 14.9 Å². The number of amides is 1. The Kier molecular flexibility index (Phi) is 6.47. The summed E-state index contributed by atoms with van der Waals surface area (Å²) in [4.78, 5) is 30.9. The number of hydrogen-bond donors (Lipinski definition) is 1. The van der Waals surface area contributed by atoms with Crippen molar-refractivity contribution < 1.29 is 9.53 Å². The van der Waals surface area contributed by atoms with Gasteiger partial charge in [0.25, 0.3) is 11.5 Å². The van der Waals surface area contributed by atoms with Gasteiger partial charge in [0, 0.05) is 11.9 Å². The van der Waals surface area contributed by atoms with Crippen molar-refractivity contribution in [3.8, 4) is 17.7 Å². The van der Waals surface area contributed by atoms with E-state index in [-0.39, 0.29) is 17.0 Å². The molecule has 0 atom stereocenters. The molecule has 4 aromatic rings. The van der Waals surface area contributed by atoms with Crippen molar-refractivity contribution in [1.82, 2.24) is 9.38 Å². The van der Waals surface area contributed by atoms with Gasteiger partial charge in [-0.3, -0.25) is 14.0 Å². The predicted molar refractivity (Wildman–Crippen MR) is 136 cm³/mol. The highest BCUT2D eigenvalue weighted by atomic mass is 16.5. The van der Waals surface area contributed by atoms with Crippen molar-refractivity contribution in [2.75, 3.05) is 5.32 Å². The number of nitriles is 1. The Hall–Kier alpha value is -4.70. The molecule has 174 valence electrons. The van der Waals surface area contributed by atoms with Gasteiger partial charge < -0.3 is 10.1 Å². The minimum absolute atomic E-state index is 0.00341. The van der Waals surface area contributed by atoms with E-state index < -0.39 is 11.5 Å². The van der Waals surface area contributed by atoms with Crippen LogP contribution < -0.4 is 15.6 Å². The zero-order chi connectivity index (χ0) is 25.1. The number of rotatable bonds is 5. The fraction of sp³-hybridized carbons (Fsp3) is 0.143. The molecular formula is C28H24N4O3. The fourth-order valence-corrected chi connectivity index (χ4v) is 3.64. The number of pyridine rings is 1. The second-order valence-corrected chi connectivity index (χ2v) is 8.38. The lowest BCUT2D eigenvalue weighted by atomic mass is 10.1. The molecule has 0 aliphatic carbocycles. The molecular weight excluding hydrogens is 440 g/mol. The number of ether oxygens (including phenoxy) is 1. The van der Waals surface area contributed by atoms with Crippen molar-refractivity contribution in [2.24, 2.45) is 0 Å². The maximum Gasteiger partial charge on any atom is 0.269 e. The van der Waals surface area contributed by atoms with Crippen molar-refractivity contribution in [1.29, 1.82) is 5.26 Å². The van der Waals surface area contributed by atoms with Crippen LogP contribution in [0.3, 0.4) is 0 Å². The summed E-state index contributed by atoms with van der Waals surface area (Å²) in [5, 5.41) is 12.4. The molecule has 2 aromatic carbocycles. The molecule has 1 N–H and O–H groups in total. The molecule has 0 aliphatic heterocycles. The molecule has 0 bridgehead atoms. The van der Waals surface area contributed by atoms with Gasteiger partial charge in [0.15, 0.2) is 0 Å². The standard InChI is InChI=1S/C28H24N4O3/c1-17-7-10-22(11-8-17)30-26(33)21(16-29)15-23-27(35-24-12-9-18(2)14-20(24)4)31-25-19(3)6-5-13-32(25)28(23)34/h5-15H,1-4H3,(H,30,33). The second-order valence-electron chi connectivity index (χ2n) is 8.38. The summed E-state index contributed by atoms with van der Waals surface area (Å²) in [6.07, 6.45) is 2.82. The SMILES string of the molecule is Cc1ccc(NC(=O)C(C#N)=Cc2c(Oc3ccc(C)cc3C)nc3c(C)cccn3c2=O)cc1. The number of anilines is 1. The summed E-state index contributed by atoms with van der Waals surface area (Å²) in [6, 6.07) is 18.3. The van der Waals surface area contributed by atoms with E-state index in [2.05, 4.69) is 10.3 Å². The van der Waals surface area contributed by atoms with Crippen LogP contribution in [0.15, 0.2) is 71.2 Å². The Labute approximate surface area is 203 Å². The highest BCUT2D eigenvalue weighted by molar-refractivity contribution is 6.09. The van der Waals surface area contributed by atoms with E-state index in [1.807, 2.05) is 64.1 Å². The van der Waals surface area contributed by atoms with Crippen LogP contribution in [0.25, 0.3) is 11.7 Å². The largest absolute Gasteiger partial charge is 0.438 e. The first-order valence-corrected chi connectivity index (χ1v) is 11.0. The second kappa shape index (κ2) is 9.65. The topological polar surface area (TPSA) is 96.5 Å². The van der Waals surface area contributed by atoms with Crippen LogP contribution in [-0.2, 0) is 4.79 Å². The minimum atomic E-state index is -0.637. The van der Waals surface area contributed by atoms with Crippen LogP contribution in [0.1, 0.15) is 27.8 Å². The first kappa shape index (κ1) is 23.5. The number of benzene rings is 2. The Morgan fingerprint density at radius 3 is 2.43 bits per heavy atom. The average Bonchev–Trinajstić information content (AvgIpc) is 2.83. The summed E-state index contributed by atoms with van der Waals surface area (Å²) in [6.45, 7) is 7.65. The van der Waals surface area contributed by atoms with E-state index in [1.165, 1.54) is 10.5 Å². The van der Waals surface area contributed by atoms with Gasteiger partial charge in [0.1, 0.15) is 28.6 Å². The molecule has 4 rings (SSSR count). The number of carbonyl (C=O) groups excluding carboxylic acids is 1. The summed E-state index contributed by atoms with van der Waals surface area (Å²) in [7, 11) is 0. The summed E-state index contributed by atoms with van der Waals surface area (Å²) >= 11 is 0. The minimum Gasteiger partial charge on any atom is -0.438 e. The number of carbonyl (C=O) groups is 1. The van der Waals surface area contributed by atoms with Gasteiger partial charge >= 0.3 is 0 Å². The van der Waals surface area contributed by atoms with E-state index >= 15 is 0 Å². The fourth-order valence-electron chi connectivity index (χ4n) is 3.64. The average molecular weight is 465 g/mol. The predicted octanol–water partition coefficient (Wildman–Crippen LogP) is 5.27. The maximum atomic E-state index is 13.5. The van der Waals surface area contributed by atoms with Gasteiger partial charge in [-0.15, -0.1) is 0 Å². The summed E-state index contributed by atoms with van der Waals surface area (Å²) < 4.78 is 7.46. The summed E-state index contributed by atoms with van der Waals surface area (Å²) in [5.74, 6) is -0.0904. The lowest BCUT2D eigenvalue weighted by molar-refractivity contribution is -0.112. The number of nitrogens with one attached hydrogen (secondary N) is 1. The molecule has 1 amide bonds. The van der Waals surface area contributed by atoms with E-state index in [0.717, 1.165) is 22.3 Å². The van der Waals surface area contributed by atoms with Crippen LogP contribution in [0.4, 0.5) is 5.69 Å². The Morgan fingerprint density at radius 2 is 1.74 bits per heavy atom. The van der Waals surface area contributed by atoms with E-state index in [4.69, 9.17) is 4.74 Å². The van der Waals surface area contributed by atoms with Crippen molar-refractivity contribution in [3.05, 3.63) is 105 Å². The quantitative estimate of drug-likeness (QED) is 0.321. The van der Waals surface area contributed by atoms with Crippen molar-refractivity contribution >= 4 is 23.3 Å². The monoisotopic (exact) mass is 464 g/mol. The molecule has 2 heterocycles. The first-order chi connectivity index (χ1) is 16.8. The Balaban J connectivity index is 1.84. The number of aromatic nitrogens is 2. The molecule has 7 nitrogen and oxygen atoms in total. The highest BCUT2D eigenvalue weighted by Crippen LogP contribution is 2.28. The Morgan fingerprint density at radius 1 is 1.03 bits per heavy atom. The molecule has 0 aliphatic rings. The zero-order valence-electron chi connectivity index (χ0n) is 19.9. The van der Waals surface area contributed by atoms with Gasteiger partial charge in [-0.1, -0.05) is 41.5 Å². The number of hydrogen-bond acceptors (Lipinski definition) is 5. The van der Waals surface area contributed by atoms with Gasteiger partial charge in [-0.2, -0.15) is 10.2 Å². The third-order valence-electron chi connectivity index (χ3n) is 5.55. The third kappa shape index (κ3) is 4.97. The summed E-state index contributed by atoms with van der Waals surface area (Å²) in [5.41, 5.74) is 4.03. The smallest absolute Gasteiger partial charge is 0.269 e. The number of fused-ring (bicyclic) bond motifs is 1. The lowest BCUT2D eigenvalue weighted by Crippen LogP contribution is -2.20. The Bertz CT molecular complexity index is 1580. The van der Waals surface area contributed by atoms with Gasteiger partial charge in [-0.05, 0) is 69.2 Å². The van der Waals surface area contributed by atoms with Crippen LogP contribution in [0.5, 0.6) is 11.6 Å². The van der Waals surface area contributed by atoms with Crippen LogP contribution in [-0.4, -0.2) is 15.3 Å². The van der Waals surface area contributed by atoms with E-state index in [1.54, 1.807) is 30.5 Å². The van der Waals surface area contributed by atoms with Crippen LogP contribution in [0.2, 0.25) is 0 Å². The molecule has 0 saturated heterocycles. The molecule has 0 spiro atoms. The molecule has 0 fully saturated rings. The first-order valence-electron chi connectivity index (χ1n) is 11.0. The molecule has 0 radical (unpaired) electrons. The van der Waals surface area contributed by atoms with Crippen molar-refractivity contribution in [2.45, 2.75) is 27.7 Å². The van der Waals surface area contributed by atoms with Crippen LogP contribution in [0, 0.1) is 39.0 Å². The zero-order valence-corrected chi connectivity index (χ0v) is 19.9. The number of aryl methyl sites for hydroxylation is 4. The van der Waals surface area contributed by atoms with Gasteiger partial charge in [0.2, 0.25) is 5.88 Å². The molecule has 2 aromatic heterocycles. The lowest BCUT2D eigenvalue weighted by Gasteiger charge is -2.13. The molecule has 0 saturated carbocycles. The van der Waals surface area contributed by atoms with Crippen LogP contribution >= 0.6 is 0 Å². The molecule has 7 heteroatoms. The molecule has 0 unspecified atom stereocenters. The van der Waals surface area contributed by atoms with E-state index in [0.29, 0.717) is 17.1 Å². The normalized spacial score (nSPS) is 11.2. The number of nitrogens with zero attached hydrogens (tertiary/aromatic N) is 3.